The van der Waals surface area contributed by atoms with Crippen LogP contribution < -0.4 is 10.1 Å². The number of nitrogens with zero attached hydrogens (tertiary/aromatic N) is 2. The highest BCUT2D eigenvalue weighted by molar-refractivity contribution is 14.1. The van der Waals surface area contributed by atoms with Gasteiger partial charge < -0.3 is 20.1 Å². The number of aliphatic hydroxyl groups excluding tert-OH is 1. The van der Waals surface area contributed by atoms with Gasteiger partial charge in [0.05, 0.1) is 18.5 Å². The Balaban J connectivity index is 1.39. The monoisotopic (exact) mass is 562 g/mol. The lowest BCUT2D eigenvalue weighted by atomic mass is 10.1. The van der Waals surface area contributed by atoms with E-state index in [9.17, 15) is 14.0 Å². The summed E-state index contributed by atoms with van der Waals surface area (Å²) in [5, 5.41) is 11.6. The summed E-state index contributed by atoms with van der Waals surface area (Å²) in [5.74, 6) is 0.293. The van der Waals surface area contributed by atoms with E-state index in [0.717, 1.165) is 3.57 Å². The van der Waals surface area contributed by atoms with Gasteiger partial charge in [-0.2, -0.15) is 0 Å². The van der Waals surface area contributed by atoms with Gasteiger partial charge in [0.15, 0.2) is 0 Å². The fraction of sp³-hybridized carbons (Fsp3) is 0.261. The fourth-order valence-electron chi connectivity index (χ4n) is 4.12. The van der Waals surface area contributed by atoms with Crippen molar-refractivity contribution < 1.29 is 23.8 Å². The zero-order valence-electron chi connectivity index (χ0n) is 17.3. The molecule has 2 fully saturated rings. The number of halogens is 2. The third kappa shape index (κ3) is 3.86. The van der Waals surface area contributed by atoms with Gasteiger partial charge in [-0.25, -0.2) is 19.1 Å². The number of urea groups is 1. The van der Waals surface area contributed by atoms with Crippen molar-refractivity contribution in [1.29, 1.82) is 0 Å². The van der Waals surface area contributed by atoms with Gasteiger partial charge in [0, 0.05) is 9.13 Å². The molecule has 1 saturated heterocycles. The number of carbonyl (C=O) groups is 2. The van der Waals surface area contributed by atoms with E-state index in [4.69, 9.17) is 9.84 Å². The molecule has 0 radical (unpaired) electrons. The Kier molecular flexibility index (Phi) is 5.57. The molecule has 1 aromatic heterocycles. The Bertz CT molecular complexity index is 1230. The molecule has 5 rings (SSSR count). The lowest BCUT2D eigenvalue weighted by Crippen LogP contribution is -2.41. The number of benzene rings is 2. The second-order valence-corrected chi connectivity index (χ2v) is 9.24. The molecular weight excluding hydrogens is 542 g/mol. The maximum absolute atomic E-state index is 14.4. The Hall–Kier alpha value is -2.99. The molecule has 2 aliphatic rings. The highest BCUT2D eigenvalue weighted by Gasteiger charge is 2.60. The SMILES string of the molecule is O=C1N[C@H](c2ccc(OCCO)cc2)C(=O)N1C1(c2ncc(-c3ccc(I)cc3F)[nH]2)CC1. The molecule has 3 amide bonds. The normalized spacial score (nSPS) is 19.0. The van der Waals surface area contributed by atoms with Gasteiger partial charge in [-0.15, -0.1) is 0 Å². The number of amides is 3. The molecule has 3 aromatic rings. The number of hydrogen-bond donors (Lipinski definition) is 3. The van der Waals surface area contributed by atoms with Crippen LogP contribution >= 0.6 is 22.6 Å². The van der Waals surface area contributed by atoms with Crippen molar-refractivity contribution in [1.82, 2.24) is 20.2 Å². The molecule has 3 N–H and O–H groups in total. The Morgan fingerprint density at radius 2 is 1.97 bits per heavy atom. The molecule has 170 valence electrons. The van der Waals surface area contributed by atoms with Gasteiger partial charge in [-0.1, -0.05) is 12.1 Å². The smallest absolute Gasteiger partial charge is 0.326 e. The number of imidazole rings is 1. The van der Waals surface area contributed by atoms with E-state index in [1.54, 1.807) is 36.4 Å². The van der Waals surface area contributed by atoms with E-state index in [1.165, 1.54) is 17.2 Å². The predicted octanol–water partition coefficient (Wildman–Crippen LogP) is 3.47. The van der Waals surface area contributed by atoms with Crippen LogP contribution in [0.5, 0.6) is 5.75 Å². The Labute approximate surface area is 202 Å². The molecule has 33 heavy (non-hydrogen) atoms. The summed E-state index contributed by atoms with van der Waals surface area (Å²) in [7, 11) is 0. The van der Waals surface area contributed by atoms with E-state index in [-0.39, 0.29) is 24.9 Å². The summed E-state index contributed by atoms with van der Waals surface area (Å²) in [4.78, 5) is 34.9. The van der Waals surface area contributed by atoms with Crippen LogP contribution in [0.1, 0.15) is 30.3 Å². The largest absolute Gasteiger partial charge is 0.491 e. The molecule has 0 bridgehead atoms. The number of aliphatic hydroxyl groups is 1. The second-order valence-electron chi connectivity index (χ2n) is 8.00. The maximum Gasteiger partial charge on any atom is 0.326 e. The first-order chi connectivity index (χ1) is 15.9. The van der Waals surface area contributed by atoms with Crippen LogP contribution in [0.2, 0.25) is 0 Å². The Morgan fingerprint density at radius 1 is 1.21 bits per heavy atom. The quantitative estimate of drug-likeness (QED) is 0.302. The van der Waals surface area contributed by atoms with Gasteiger partial charge in [-0.3, -0.25) is 4.79 Å². The van der Waals surface area contributed by atoms with Crippen molar-refractivity contribution in [3.8, 4) is 17.0 Å². The van der Waals surface area contributed by atoms with Gasteiger partial charge in [0.2, 0.25) is 0 Å². The van der Waals surface area contributed by atoms with Crippen molar-refractivity contribution in [2.75, 3.05) is 13.2 Å². The summed E-state index contributed by atoms with van der Waals surface area (Å²) in [6.45, 7) is 0.0761. The van der Waals surface area contributed by atoms with Crippen LogP contribution in [-0.4, -0.2) is 45.1 Å². The van der Waals surface area contributed by atoms with E-state index in [0.29, 0.717) is 41.2 Å². The maximum atomic E-state index is 14.4. The molecule has 0 unspecified atom stereocenters. The molecule has 2 aromatic carbocycles. The zero-order valence-corrected chi connectivity index (χ0v) is 19.5. The average molecular weight is 562 g/mol. The number of H-pyrrole nitrogens is 1. The van der Waals surface area contributed by atoms with Crippen LogP contribution in [0, 0.1) is 9.39 Å². The van der Waals surface area contributed by atoms with Crippen molar-refractivity contribution in [2.24, 2.45) is 0 Å². The summed E-state index contributed by atoms with van der Waals surface area (Å²) >= 11 is 2.04. The number of aromatic amines is 1. The van der Waals surface area contributed by atoms with Crippen molar-refractivity contribution in [3.05, 3.63) is 69.4 Å². The van der Waals surface area contributed by atoms with Crippen LogP contribution in [0.3, 0.4) is 0 Å². The van der Waals surface area contributed by atoms with Crippen molar-refractivity contribution in [2.45, 2.75) is 24.4 Å². The summed E-state index contributed by atoms with van der Waals surface area (Å²) in [6.07, 6.45) is 2.69. The molecule has 0 spiro atoms. The van der Waals surface area contributed by atoms with Gasteiger partial charge >= 0.3 is 6.03 Å². The third-order valence-corrected chi connectivity index (χ3v) is 6.57. The number of rotatable bonds is 7. The van der Waals surface area contributed by atoms with Crippen LogP contribution in [0.15, 0.2) is 48.7 Å². The third-order valence-electron chi connectivity index (χ3n) is 5.90. The van der Waals surface area contributed by atoms with Crippen LogP contribution in [-0.2, 0) is 10.3 Å². The topological polar surface area (TPSA) is 108 Å². The van der Waals surface area contributed by atoms with Crippen LogP contribution in [0.25, 0.3) is 11.3 Å². The van der Waals surface area contributed by atoms with E-state index in [2.05, 4.69) is 15.3 Å². The molecule has 2 heterocycles. The van der Waals surface area contributed by atoms with Crippen molar-refractivity contribution in [3.63, 3.8) is 0 Å². The first-order valence-corrected chi connectivity index (χ1v) is 11.5. The minimum Gasteiger partial charge on any atom is -0.491 e. The summed E-state index contributed by atoms with van der Waals surface area (Å²) < 4.78 is 20.5. The molecular formula is C23H20FIN4O4. The van der Waals surface area contributed by atoms with E-state index >= 15 is 0 Å². The number of imide groups is 1. The minimum absolute atomic E-state index is 0.0966. The predicted molar refractivity (Wildman–Crippen MR) is 125 cm³/mol. The minimum atomic E-state index is -0.863. The number of nitrogens with one attached hydrogen (secondary N) is 2. The number of aromatic nitrogens is 2. The van der Waals surface area contributed by atoms with Gasteiger partial charge in [-0.05, 0) is 71.3 Å². The summed E-state index contributed by atoms with van der Waals surface area (Å²) in [6, 6.07) is 10.4. The van der Waals surface area contributed by atoms with Gasteiger partial charge in [0.1, 0.15) is 35.6 Å². The number of carbonyl (C=O) groups excluding carboxylic acids is 2. The molecule has 1 atom stereocenters. The zero-order chi connectivity index (χ0) is 23.2. The Morgan fingerprint density at radius 3 is 2.64 bits per heavy atom. The van der Waals surface area contributed by atoms with Gasteiger partial charge in [0.25, 0.3) is 5.91 Å². The molecule has 8 nitrogen and oxygen atoms in total. The second kappa shape index (κ2) is 8.41. The van der Waals surface area contributed by atoms with Crippen LogP contribution in [0.4, 0.5) is 9.18 Å². The number of ether oxygens (including phenoxy) is 1. The molecule has 1 aliphatic carbocycles. The highest BCUT2D eigenvalue weighted by atomic mass is 127. The first kappa shape index (κ1) is 21.8. The van der Waals surface area contributed by atoms with E-state index < -0.39 is 17.6 Å². The first-order valence-electron chi connectivity index (χ1n) is 10.4. The average Bonchev–Trinajstić information content (AvgIpc) is 3.32. The van der Waals surface area contributed by atoms with Crippen molar-refractivity contribution >= 4 is 34.5 Å². The molecule has 10 heteroatoms. The number of hydrogen-bond acceptors (Lipinski definition) is 5. The van der Waals surface area contributed by atoms with E-state index in [1.807, 2.05) is 22.6 Å². The fourth-order valence-corrected chi connectivity index (χ4v) is 4.57. The highest BCUT2D eigenvalue weighted by Crippen LogP contribution is 2.52. The lowest BCUT2D eigenvalue weighted by molar-refractivity contribution is -0.130. The standard InChI is InChI=1S/C23H20FIN4O4/c24-17-11-14(25)3-6-16(17)18-12-26-21(27-18)23(7-8-23)29-20(31)19(28-22(29)32)13-1-4-15(5-2-13)33-10-9-30/h1-6,11-12,19,30H,7-10H2,(H,26,27)(H,28,32)/t19-/m1/s1. The summed E-state index contributed by atoms with van der Waals surface area (Å²) in [5.41, 5.74) is 0.637. The molecule has 1 aliphatic heterocycles. The lowest BCUT2D eigenvalue weighted by Gasteiger charge is -2.23. The molecule has 1 saturated carbocycles.